The molecule has 0 aromatic heterocycles. The summed E-state index contributed by atoms with van der Waals surface area (Å²) >= 11 is 0. The van der Waals surface area contributed by atoms with Gasteiger partial charge in [0.1, 0.15) is 5.75 Å². The quantitative estimate of drug-likeness (QED) is 0.807. The molecule has 0 unspecified atom stereocenters. The lowest BCUT2D eigenvalue weighted by molar-refractivity contribution is 0.178. The van der Waals surface area contributed by atoms with E-state index in [0.29, 0.717) is 0 Å². The number of rotatable bonds is 3. The van der Waals surface area contributed by atoms with E-state index in [1.165, 1.54) is 11.1 Å². The average Bonchev–Trinajstić information content (AvgIpc) is 2.43. The van der Waals surface area contributed by atoms with E-state index in [0.717, 1.165) is 31.9 Å². The number of nitrogens with zero attached hydrogens (tertiary/aromatic N) is 1. The number of carbonyl (C=O) groups is 1. The molecule has 0 bridgehead atoms. The molecule has 1 heterocycles. The molecule has 1 aromatic rings. The minimum absolute atomic E-state index is 0.0645. The van der Waals surface area contributed by atoms with Gasteiger partial charge in [-0.1, -0.05) is 6.07 Å². The molecule has 2 N–H and O–H groups in total. The Bertz CT molecular complexity index is 442. The third kappa shape index (κ3) is 3.86. The number of hydrogen-bond donors (Lipinski definition) is 2. The highest BCUT2D eigenvalue weighted by molar-refractivity contribution is 5.74. The maximum absolute atomic E-state index is 11.8. The van der Waals surface area contributed by atoms with E-state index < -0.39 is 0 Å². The monoisotopic (exact) mass is 263 g/mol. The second-order valence-corrected chi connectivity index (χ2v) is 4.75. The first-order chi connectivity index (χ1) is 9.16. The molecule has 1 aliphatic heterocycles. The van der Waals surface area contributed by atoms with Gasteiger partial charge in [-0.15, -0.1) is 0 Å². The largest absolute Gasteiger partial charge is 0.473 e. The molecule has 1 aliphatic rings. The Hall–Kier alpha value is -1.75. The van der Waals surface area contributed by atoms with Gasteiger partial charge in [-0.25, -0.2) is 4.79 Å². The summed E-state index contributed by atoms with van der Waals surface area (Å²) in [5.74, 6) is 0.781. The number of nitrogens with one attached hydrogen (secondary N) is 2. The van der Waals surface area contributed by atoms with Crippen LogP contribution in [0.5, 0.6) is 5.75 Å². The molecule has 5 heteroatoms. The maximum atomic E-state index is 11.8. The van der Waals surface area contributed by atoms with Crippen molar-refractivity contribution in [3.8, 4) is 5.75 Å². The number of benzene rings is 1. The molecule has 2 amide bonds. The van der Waals surface area contributed by atoms with Crippen LogP contribution in [-0.4, -0.2) is 43.8 Å². The molecule has 1 saturated heterocycles. The van der Waals surface area contributed by atoms with Crippen molar-refractivity contribution in [3.63, 3.8) is 0 Å². The van der Waals surface area contributed by atoms with Crippen molar-refractivity contribution >= 4 is 6.03 Å². The van der Waals surface area contributed by atoms with Crippen LogP contribution in [0.2, 0.25) is 0 Å². The highest BCUT2D eigenvalue weighted by Gasteiger charge is 2.15. The van der Waals surface area contributed by atoms with E-state index in [4.69, 9.17) is 4.74 Å². The zero-order chi connectivity index (χ0) is 13.7. The first-order valence-electron chi connectivity index (χ1n) is 6.60. The molecule has 5 nitrogen and oxygen atoms in total. The Labute approximate surface area is 113 Å². The summed E-state index contributed by atoms with van der Waals surface area (Å²) in [7, 11) is 0. The van der Waals surface area contributed by atoms with Crippen LogP contribution >= 0.6 is 0 Å². The fourth-order valence-electron chi connectivity index (χ4n) is 1.96. The van der Waals surface area contributed by atoms with E-state index in [9.17, 15) is 4.79 Å². The van der Waals surface area contributed by atoms with Crippen molar-refractivity contribution in [3.05, 3.63) is 29.3 Å². The van der Waals surface area contributed by atoms with Gasteiger partial charge in [0.2, 0.25) is 0 Å². The fraction of sp³-hybridized carbons (Fsp3) is 0.500. The number of piperazine rings is 1. The zero-order valence-corrected chi connectivity index (χ0v) is 11.5. The minimum atomic E-state index is -0.0645. The number of carbonyl (C=O) groups excluding carboxylic acids is 1. The van der Waals surface area contributed by atoms with Crippen molar-refractivity contribution in [2.24, 2.45) is 0 Å². The molecule has 0 saturated carbocycles. The van der Waals surface area contributed by atoms with Gasteiger partial charge in [-0.3, -0.25) is 0 Å². The molecule has 104 valence electrons. The van der Waals surface area contributed by atoms with Crippen LogP contribution in [0.4, 0.5) is 4.79 Å². The molecular formula is C14H21N3O2. The van der Waals surface area contributed by atoms with Gasteiger partial charge < -0.3 is 20.3 Å². The van der Waals surface area contributed by atoms with Crippen LogP contribution in [0.25, 0.3) is 0 Å². The summed E-state index contributed by atoms with van der Waals surface area (Å²) in [5, 5.41) is 5.98. The van der Waals surface area contributed by atoms with Crippen molar-refractivity contribution in [1.29, 1.82) is 0 Å². The van der Waals surface area contributed by atoms with Gasteiger partial charge >= 0.3 is 6.03 Å². The smallest absolute Gasteiger partial charge is 0.320 e. The number of aryl methyl sites for hydroxylation is 2. The summed E-state index contributed by atoms with van der Waals surface area (Å²) in [6.45, 7) is 7.50. The lowest BCUT2D eigenvalue weighted by Gasteiger charge is -2.27. The van der Waals surface area contributed by atoms with E-state index in [1.54, 1.807) is 4.90 Å². The second-order valence-electron chi connectivity index (χ2n) is 4.75. The van der Waals surface area contributed by atoms with Gasteiger partial charge in [-0.05, 0) is 37.1 Å². The lowest BCUT2D eigenvalue weighted by atomic mass is 10.1. The summed E-state index contributed by atoms with van der Waals surface area (Å²) in [5.41, 5.74) is 2.42. The van der Waals surface area contributed by atoms with Crippen molar-refractivity contribution in [2.45, 2.75) is 13.8 Å². The van der Waals surface area contributed by atoms with E-state index in [2.05, 4.69) is 17.6 Å². The average molecular weight is 263 g/mol. The van der Waals surface area contributed by atoms with Crippen molar-refractivity contribution in [2.75, 3.05) is 32.9 Å². The number of ether oxygens (including phenoxy) is 1. The Morgan fingerprint density at radius 3 is 2.74 bits per heavy atom. The van der Waals surface area contributed by atoms with Gasteiger partial charge in [0, 0.05) is 26.2 Å². The van der Waals surface area contributed by atoms with Gasteiger partial charge in [-0.2, -0.15) is 0 Å². The summed E-state index contributed by atoms with van der Waals surface area (Å²) in [6.07, 6.45) is 0. The van der Waals surface area contributed by atoms with Gasteiger partial charge in [0.15, 0.2) is 6.73 Å². The van der Waals surface area contributed by atoms with Crippen LogP contribution in [0.15, 0.2) is 18.2 Å². The van der Waals surface area contributed by atoms with Gasteiger partial charge in [0.05, 0.1) is 0 Å². The first kappa shape index (κ1) is 13.7. The van der Waals surface area contributed by atoms with E-state index in [1.807, 2.05) is 25.1 Å². The number of hydrogen-bond acceptors (Lipinski definition) is 3. The minimum Gasteiger partial charge on any atom is -0.473 e. The van der Waals surface area contributed by atoms with E-state index in [-0.39, 0.29) is 12.8 Å². The third-order valence-corrected chi connectivity index (χ3v) is 3.34. The predicted octanol–water partition coefficient (Wildman–Crippen LogP) is 1.25. The molecule has 1 fully saturated rings. The van der Waals surface area contributed by atoms with Crippen molar-refractivity contribution < 1.29 is 9.53 Å². The number of amides is 2. The summed E-state index contributed by atoms with van der Waals surface area (Å²) in [4.78, 5) is 13.6. The SMILES string of the molecule is Cc1ccc(OCNC(=O)N2CCNCC2)cc1C. The van der Waals surface area contributed by atoms with Crippen molar-refractivity contribution in [1.82, 2.24) is 15.5 Å². The fourth-order valence-corrected chi connectivity index (χ4v) is 1.96. The molecule has 0 atom stereocenters. The van der Waals surface area contributed by atoms with E-state index >= 15 is 0 Å². The Balaban J connectivity index is 1.76. The molecule has 0 aliphatic carbocycles. The highest BCUT2D eigenvalue weighted by Crippen LogP contribution is 2.15. The molecule has 0 spiro atoms. The molecular weight excluding hydrogens is 242 g/mol. The second kappa shape index (κ2) is 6.43. The zero-order valence-electron chi connectivity index (χ0n) is 11.5. The Morgan fingerprint density at radius 1 is 1.32 bits per heavy atom. The maximum Gasteiger partial charge on any atom is 0.320 e. The Morgan fingerprint density at radius 2 is 2.05 bits per heavy atom. The van der Waals surface area contributed by atoms with Crippen LogP contribution in [-0.2, 0) is 0 Å². The molecule has 19 heavy (non-hydrogen) atoms. The van der Waals surface area contributed by atoms with Crippen LogP contribution in [0.3, 0.4) is 0 Å². The van der Waals surface area contributed by atoms with Crippen LogP contribution in [0, 0.1) is 13.8 Å². The third-order valence-electron chi connectivity index (χ3n) is 3.34. The van der Waals surface area contributed by atoms with Crippen LogP contribution < -0.4 is 15.4 Å². The topological polar surface area (TPSA) is 53.6 Å². The number of urea groups is 1. The first-order valence-corrected chi connectivity index (χ1v) is 6.60. The Kier molecular flexibility index (Phi) is 4.63. The lowest BCUT2D eigenvalue weighted by Crippen LogP contribution is -2.50. The standard InChI is InChI=1S/C14H21N3O2/c1-11-3-4-13(9-12(11)2)19-10-16-14(18)17-7-5-15-6-8-17/h3-4,9,15H,5-8,10H2,1-2H3,(H,16,18). The van der Waals surface area contributed by atoms with Gasteiger partial charge in [0.25, 0.3) is 0 Å². The van der Waals surface area contributed by atoms with Crippen LogP contribution in [0.1, 0.15) is 11.1 Å². The summed E-state index contributed by atoms with van der Waals surface area (Å²) in [6, 6.07) is 5.85. The molecule has 1 aromatic carbocycles. The molecule has 0 radical (unpaired) electrons. The summed E-state index contributed by atoms with van der Waals surface area (Å²) < 4.78 is 5.53. The highest BCUT2D eigenvalue weighted by atomic mass is 16.5. The molecule has 2 rings (SSSR count). The predicted molar refractivity (Wildman–Crippen MR) is 74.4 cm³/mol. The normalized spacial score (nSPS) is 15.2.